The Morgan fingerprint density at radius 3 is 2.20 bits per heavy atom. The second-order valence-electron chi connectivity index (χ2n) is 3.31. The highest BCUT2D eigenvalue weighted by atomic mass is 31.2. The maximum atomic E-state index is 5.13. The van der Waals surface area contributed by atoms with E-state index in [0.717, 1.165) is 13.1 Å². The molecule has 2 N–H and O–H groups in total. The predicted octanol–water partition coefficient (Wildman–Crippen LogP) is 1.08. The van der Waals surface area contributed by atoms with Crippen molar-refractivity contribution in [3.63, 3.8) is 0 Å². The maximum absolute atomic E-state index is 5.13. The van der Waals surface area contributed by atoms with E-state index in [2.05, 4.69) is 24.0 Å². The minimum atomic E-state index is -0.528. The molecule has 0 amide bonds. The average molecular weight is 162 g/mol. The van der Waals surface area contributed by atoms with Gasteiger partial charge >= 0.3 is 0 Å². The number of hydrogen-bond acceptors (Lipinski definition) is 3. The van der Waals surface area contributed by atoms with Crippen molar-refractivity contribution >= 4 is 8.45 Å². The van der Waals surface area contributed by atoms with Gasteiger partial charge in [-0.2, -0.15) is 0 Å². The molecule has 0 bridgehead atoms. The Balaban J connectivity index is 2.31. The van der Waals surface area contributed by atoms with Crippen LogP contribution in [0.2, 0.25) is 0 Å². The molecule has 0 aliphatic carbocycles. The van der Waals surface area contributed by atoms with Crippen LogP contribution in [-0.4, -0.2) is 20.2 Å². The lowest BCUT2D eigenvalue weighted by atomic mass is 9.94. The minimum absolute atomic E-state index is 0.372. The third-order valence-corrected chi connectivity index (χ3v) is 2.84. The van der Waals surface area contributed by atoms with E-state index in [9.17, 15) is 0 Å². The Labute approximate surface area is 63.5 Å². The van der Waals surface area contributed by atoms with Gasteiger partial charge in [0.15, 0.2) is 8.45 Å². The predicted molar refractivity (Wildman–Crippen MR) is 43.7 cm³/mol. The highest BCUT2D eigenvalue weighted by molar-refractivity contribution is 7.48. The van der Waals surface area contributed by atoms with Gasteiger partial charge in [0.05, 0.1) is 0 Å². The Bertz CT molecular complexity index is 108. The zero-order chi connectivity index (χ0) is 7.61. The van der Waals surface area contributed by atoms with Crippen molar-refractivity contribution in [2.45, 2.75) is 13.8 Å². The van der Waals surface area contributed by atoms with E-state index in [1.54, 1.807) is 7.11 Å². The van der Waals surface area contributed by atoms with Crippen molar-refractivity contribution in [2.75, 3.05) is 20.2 Å². The maximum Gasteiger partial charge on any atom is 0.181 e. The van der Waals surface area contributed by atoms with Gasteiger partial charge in [0.1, 0.15) is 0 Å². The molecule has 4 heteroatoms. The summed E-state index contributed by atoms with van der Waals surface area (Å²) >= 11 is 0. The van der Waals surface area contributed by atoms with E-state index < -0.39 is 8.45 Å². The van der Waals surface area contributed by atoms with Crippen LogP contribution in [0.25, 0.3) is 0 Å². The molecule has 1 aliphatic rings. The van der Waals surface area contributed by atoms with Crippen LogP contribution >= 0.6 is 8.45 Å². The summed E-state index contributed by atoms with van der Waals surface area (Å²) < 4.78 is 5.13. The molecule has 0 spiro atoms. The summed E-state index contributed by atoms with van der Waals surface area (Å²) in [6, 6.07) is 0. The fourth-order valence-corrected chi connectivity index (χ4v) is 2.33. The van der Waals surface area contributed by atoms with Crippen molar-refractivity contribution in [2.24, 2.45) is 5.41 Å². The molecule has 0 aromatic heterocycles. The first-order valence-electron chi connectivity index (χ1n) is 3.45. The molecule has 0 saturated carbocycles. The van der Waals surface area contributed by atoms with Gasteiger partial charge in [-0.3, -0.25) is 10.2 Å². The molecule has 60 valence electrons. The summed E-state index contributed by atoms with van der Waals surface area (Å²) in [5.41, 5.74) is 0.372. The first-order valence-corrected chi connectivity index (χ1v) is 4.71. The molecule has 0 unspecified atom stereocenters. The van der Waals surface area contributed by atoms with Gasteiger partial charge in [-0.15, -0.1) is 0 Å². The summed E-state index contributed by atoms with van der Waals surface area (Å²) in [6.45, 7) is 6.55. The molecule has 1 rings (SSSR count). The molecule has 10 heavy (non-hydrogen) atoms. The molecule has 0 radical (unpaired) electrons. The number of nitrogens with one attached hydrogen (secondary N) is 2. The highest BCUT2D eigenvalue weighted by Crippen LogP contribution is 2.32. The van der Waals surface area contributed by atoms with Crippen molar-refractivity contribution in [3.05, 3.63) is 0 Å². The molecule has 0 aromatic rings. The van der Waals surface area contributed by atoms with Crippen molar-refractivity contribution in [1.29, 1.82) is 0 Å². The zero-order valence-electron chi connectivity index (χ0n) is 6.77. The molecule has 0 aromatic carbocycles. The molecule has 3 nitrogen and oxygen atoms in total. The van der Waals surface area contributed by atoms with Gasteiger partial charge in [-0.05, 0) is 5.41 Å². The monoisotopic (exact) mass is 162 g/mol. The van der Waals surface area contributed by atoms with Crippen LogP contribution in [0.4, 0.5) is 0 Å². The van der Waals surface area contributed by atoms with Crippen LogP contribution in [0.15, 0.2) is 0 Å². The molecular weight excluding hydrogens is 147 g/mol. The minimum Gasteiger partial charge on any atom is -0.335 e. The summed E-state index contributed by atoms with van der Waals surface area (Å²) in [7, 11) is 1.20. The third-order valence-electron chi connectivity index (χ3n) is 1.59. The second-order valence-corrected chi connectivity index (χ2v) is 4.90. The lowest BCUT2D eigenvalue weighted by Gasteiger charge is -2.34. The molecule has 1 aliphatic heterocycles. The average Bonchev–Trinajstić information content (AvgIpc) is 1.88. The van der Waals surface area contributed by atoms with Crippen LogP contribution < -0.4 is 10.2 Å². The largest absolute Gasteiger partial charge is 0.335 e. The van der Waals surface area contributed by atoms with E-state index in [1.165, 1.54) is 0 Å². The summed E-state index contributed by atoms with van der Waals surface area (Å²) in [5.74, 6) is 0. The molecule has 0 atom stereocenters. The smallest absolute Gasteiger partial charge is 0.181 e. The van der Waals surface area contributed by atoms with E-state index in [4.69, 9.17) is 4.52 Å². The van der Waals surface area contributed by atoms with Crippen molar-refractivity contribution in [1.82, 2.24) is 10.2 Å². The molecular formula is C6H15N2OP. The van der Waals surface area contributed by atoms with Crippen molar-refractivity contribution < 1.29 is 4.52 Å². The molecule has 1 heterocycles. The van der Waals surface area contributed by atoms with Crippen LogP contribution in [0, 0.1) is 5.41 Å². The number of hydrogen-bond donors (Lipinski definition) is 2. The fourth-order valence-electron chi connectivity index (χ4n) is 0.819. The van der Waals surface area contributed by atoms with E-state index >= 15 is 0 Å². The lowest BCUT2D eigenvalue weighted by Crippen LogP contribution is -2.42. The van der Waals surface area contributed by atoms with E-state index in [-0.39, 0.29) is 0 Å². The summed E-state index contributed by atoms with van der Waals surface area (Å²) in [6.07, 6.45) is 0. The van der Waals surface area contributed by atoms with Gasteiger partial charge in [0.2, 0.25) is 0 Å². The van der Waals surface area contributed by atoms with Crippen molar-refractivity contribution in [3.8, 4) is 0 Å². The molecule has 1 fully saturated rings. The SMILES string of the molecule is COP1NCC(C)(C)CN1. The first kappa shape index (κ1) is 8.41. The quantitative estimate of drug-likeness (QED) is 0.566. The summed E-state index contributed by atoms with van der Waals surface area (Å²) in [5, 5.41) is 6.58. The standard InChI is InChI=1S/C6H15N2OP/c1-6(2)4-7-10(9-3)8-5-6/h7-8H,4-5H2,1-3H3. The van der Waals surface area contributed by atoms with Gasteiger partial charge in [-0.25, -0.2) is 0 Å². The van der Waals surface area contributed by atoms with E-state index in [0.29, 0.717) is 5.41 Å². The van der Waals surface area contributed by atoms with Crippen LogP contribution in [-0.2, 0) is 4.52 Å². The van der Waals surface area contributed by atoms with Crippen LogP contribution in [0.3, 0.4) is 0 Å². The van der Waals surface area contributed by atoms with Gasteiger partial charge in [0.25, 0.3) is 0 Å². The van der Waals surface area contributed by atoms with Gasteiger partial charge < -0.3 is 4.52 Å². The zero-order valence-corrected chi connectivity index (χ0v) is 7.66. The topological polar surface area (TPSA) is 33.3 Å². The van der Waals surface area contributed by atoms with Crippen LogP contribution in [0.1, 0.15) is 13.8 Å². The Hall–Kier alpha value is 0.310. The summed E-state index contributed by atoms with van der Waals surface area (Å²) in [4.78, 5) is 0. The lowest BCUT2D eigenvalue weighted by molar-refractivity contribution is 0.322. The van der Waals surface area contributed by atoms with Gasteiger partial charge in [-0.1, -0.05) is 13.8 Å². The van der Waals surface area contributed by atoms with E-state index in [1.807, 2.05) is 0 Å². The Morgan fingerprint density at radius 2 is 1.80 bits per heavy atom. The highest BCUT2D eigenvalue weighted by Gasteiger charge is 2.25. The fraction of sp³-hybridized carbons (Fsp3) is 1.00. The Morgan fingerprint density at radius 1 is 1.30 bits per heavy atom. The van der Waals surface area contributed by atoms with Gasteiger partial charge in [0, 0.05) is 20.2 Å². The first-order chi connectivity index (χ1) is 4.64. The third kappa shape index (κ3) is 2.17. The van der Waals surface area contributed by atoms with Crippen LogP contribution in [0.5, 0.6) is 0 Å². The second kappa shape index (κ2) is 3.14. The Kier molecular flexibility index (Phi) is 2.64. The molecule has 1 saturated heterocycles. The normalized spacial score (nSPS) is 26.7. The number of rotatable bonds is 1.